The number of hydrogen-bond donors (Lipinski definition) is 0. The molecule has 0 heterocycles. The van der Waals surface area contributed by atoms with Crippen molar-refractivity contribution < 1.29 is 4.74 Å². The largest absolute Gasteiger partial charge is 0.494 e. The molecule has 0 bridgehead atoms. The van der Waals surface area contributed by atoms with E-state index in [4.69, 9.17) is 4.74 Å². The highest BCUT2D eigenvalue weighted by atomic mass is 16.5. The van der Waals surface area contributed by atoms with Gasteiger partial charge in [0.15, 0.2) is 0 Å². The van der Waals surface area contributed by atoms with Crippen LogP contribution < -0.4 is 4.74 Å². The normalized spacial score (nSPS) is 11.5. The van der Waals surface area contributed by atoms with E-state index < -0.39 is 0 Å². The maximum absolute atomic E-state index is 5.45. The third kappa shape index (κ3) is 3.94. The van der Waals surface area contributed by atoms with E-state index in [1.165, 1.54) is 0 Å². The van der Waals surface area contributed by atoms with Gasteiger partial charge in [-0.05, 0) is 47.9 Å². The second kappa shape index (κ2) is 8.22. The summed E-state index contributed by atoms with van der Waals surface area (Å²) in [6.45, 7) is 0. The van der Waals surface area contributed by atoms with Gasteiger partial charge in [-0.1, -0.05) is 48.5 Å². The number of hydrogen-bond acceptors (Lipinski definition) is 5. The summed E-state index contributed by atoms with van der Waals surface area (Å²) in [6.07, 6.45) is 0. The Hall–Kier alpha value is -3.86. The number of benzene rings is 4. The summed E-state index contributed by atoms with van der Waals surface area (Å²) in [6, 6.07) is 29.0. The first-order chi connectivity index (χ1) is 13.8. The van der Waals surface area contributed by atoms with Crippen molar-refractivity contribution in [3.8, 4) is 5.75 Å². The summed E-state index contributed by atoms with van der Waals surface area (Å²) in [7, 11) is 1.63. The molecular formula is C23H18N4O. The van der Waals surface area contributed by atoms with Crippen LogP contribution in [-0.2, 0) is 0 Å². The van der Waals surface area contributed by atoms with Gasteiger partial charge in [0, 0.05) is 5.39 Å². The molecule has 4 aromatic carbocycles. The molecule has 0 fully saturated rings. The molecule has 0 aromatic heterocycles. The minimum absolute atomic E-state index is 0.690. The summed E-state index contributed by atoms with van der Waals surface area (Å²) >= 11 is 0. The fraction of sp³-hybridized carbons (Fsp3) is 0.0435. The molecule has 0 saturated heterocycles. The van der Waals surface area contributed by atoms with E-state index in [9.17, 15) is 0 Å². The number of methoxy groups -OCH3 is 1. The van der Waals surface area contributed by atoms with Gasteiger partial charge in [0.05, 0.1) is 24.2 Å². The monoisotopic (exact) mass is 366 g/mol. The van der Waals surface area contributed by atoms with Gasteiger partial charge in [-0.15, -0.1) is 5.11 Å². The lowest BCUT2D eigenvalue weighted by molar-refractivity contribution is 0.416. The minimum Gasteiger partial charge on any atom is -0.494 e. The second-order valence-corrected chi connectivity index (χ2v) is 6.09. The maximum atomic E-state index is 5.45. The van der Waals surface area contributed by atoms with Crippen LogP contribution in [0, 0.1) is 0 Å². The van der Waals surface area contributed by atoms with Gasteiger partial charge in [-0.3, -0.25) is 0 Å². The Morgan fingerprint density at radius 2 is 1.11 bits per heavy atom. The lowest BCUT2D eigenvalue weighted by Gasteiger charge is -2.07. The molecule has 0 radical (unpaired) electrons. The molecule has 5 heteroatoms. The van der Waals surface area contributed by atoms with Crippen LogP contribution in [0.15, 0.2) is 111 Å². The first-order valence-electron chi connectivity index (χ1n) is 8.88. The molecule has 4 rings (SSSR count). The van der Waals surface area contributed by atoms with Crippen molar-refractivity contribution >= 4 is 33.5 Å². The Balaban J connectivity index is 1.57. The maximum Gasteiger partial charge on any atom is 0.147 e. The molecule has 0 spiro atoms. The number of ether oxygens (including phenoxy) is 1. The third-order valence-corrected chi connectivity index (χ3v) is 4.24. The van der Waals surface area contributed by atoms with Crippen molar-refractivity contribution in [3.05, 3.63) is 91.0 Å². The Labute approximate surface area is 163 Å². The molecule has 28 heavy (non-hydrogen) atoms. The van der Waals surface area contributed by atoms with Gasteiger partial charge in [0.25, 0.3) is 0 Å². The van der Waals surface area contributed by atoms with E-state index in [-0.39, 0.29) is 0 Å². The average molecular weight is 366 g/mol. The molecule has 0 N–H and O–H groups in total. The zero-order valence-electron chi connectivity index (χ0n) is 15.4. The SMILES string of the molecule is COc1ccc2ccccc2c1N=Nc1ccc(N=Nc2ccccc2)cc1. The summed E-state index contributed by atoms with van der Waals surface area (Å²) in [5.74, 6) is 0.690. The Kier molecular flexibility index (Phi) is 5.15. The highest BCUT2D eigenvalue weighted by Gasteiger charge is 2.07. The molecule has 0 aliphatic heterocycles. The predicted molar refractivity (Wildman–Crippen MR) is 112 cm³/mol. The van der Waals surface area contributed by atoms with Crippen molar-refractivity contribution in [1.82, 2.24) is 0 Å². The zero-order chi connectivity index (χ0) is 19.2. The Bertz CT molecular complexity index is 1140. The molecule has 5 nitrogen and oxygen atoms in total. The summed E-state index contributed by atoms with van der Waals surface area (Å²) in [4.78, 5) is 0. The van der Waals surface area contributed by atoms with Crippen LogP contribution >= 0.6 is 0 Å². The van der Waals surface area contributed by atoms with Crippen molar-refractivity contribution in [3.63, 3.8) is 0 Å². The zero-order valence-corrected chi connectivity index (χ0v) is 15.4. The van der Waals surface area contributed by atoms with Crippen LogP contribution in [-0.4, -0.2) is 7.11 Å². The van der Waals surface area contributed by atoms with Crippen molar-refractivity contribution in [1.29, 1.82) is 0 Å². The summed E-state index contributed by atoms with van der Waals surface area (Å²) < 4.78 is 5.45. The van der Waals surface area contributed by atoms with Gasteiger partial charge in [0.1, 0.15) is 11.4 Å². The van der Waals surface area contributed by atoms with E-state index in [0.29, 0.717) is 11.4 Å². The van der Waals surface area contributed by atoms with Crippen LogP contribution in [0.5, 0.6) is 5.75 Å². The number of azo groups is 2. The predicted octanol–water partition coefficient (Wildman–Crippen LogP) is 7.68. The molecule has 136 valence electrons. The number of rotatable bonds is 5. The first-order valence-corrected chi connectivity index (χ1v) is 8.88. The van der Waals surface area contributed by atoms with Crippen molar-refractivity contribution in [2.75, 3.05) is 7.11 Å². The standard InChI is InChI=1S/C23H18N4O/c1-28-22-16-11-17-7-5-6-10-21(17)23(22)27-26-20-14-12-19(13-15-20)25-24-18-8-3-2-4-9-18/h2-16H,1H3. The van der Waals surface area contributed by atoms with E-state index >= 15 is 0 Å². The lowest BCUT2D eigenvalue weighted by atomic mass is 10.1. The van der Waals surface area contributed by atoms with Gasteiger partial charge in [0.2, 0.25) is 0 Å². The van der Waals surface area contributed by atoms with Crippen LogP contribution in [0.25, 0.3) is 10.8 Å². The third-order valence-electron chi connectivity index (χ3n) is 4.24. The number of fused-ring (bicyclic) bond motifs is 1. The van der Waals surface area contributed by atoms with Gasteiger partial charge in [-0.25, -0.2) is 0 Å². The van der Waals surface area contributed by atoms with E-state index in [1.54, 1.807) is 7.11 Å². The molecular weight excluding hydrogens is 348 g/mol. The van der Waals surface area contributed by atoms with E-state index in [1.807, 2.05) is 91.0 Å². The average Bonchev–Trinajstić information content (AvgIpc) is 2.77. The fourth-order valence-corrected chi connectivity index (χ4v) is 2.81. The highest BCUT2D eigenvalue weighted by Crippen LogP contribution is 2.36. The Morgan fingerprint density at radius 1 is 0.536 bits per heavy atom. The Morgan fingerprint density at radius 3 is 1.79 bits per heavy atom. The molecule has 0 aliphatic carbocycles. The molecule has 0 atom stereocenters. The van der Waals surface area contributed by atoms with Crippen molar-refractivity contribution in [2.24, 2.45) is 20.5 Å². The summed E-state index contributed by atoms with van der Waals surface area (Å²) in [5.41, 5.74) is 3.02. The molecule has 0 amide bonds. The van der Waals surface area contributed by atoms with Crippen LogP contribution in [0.3, 0.4) is 0 Å². The van der Waals surface area contributed by atoms with Gasteiger partial charge in [-0.2, -0.15) is 15.3 Å². The smallest absolute Gasteiger partial charge is 0.147 e. The van der Waals surface area contributed by atoms with Crippen LogP contribution in [0.4, 0.5) is 22.7 Å². The highest BCUT2D eigenvalue weighted by molar-refractivity contribution is 5.95. The summed E-state index contributed by atoms with van der Waals surface area (Å²) in [5, 5.41) is 19.4. The topological polar surface area (TPSA) is 58.7 Å². The van der Waals surface area contributed by atoms with Crippen LogP contribution in [0.1, 0.15) is 0 Å². The van der Waals surface area contributed by atoms with Crippen LogP contribution in [0.2, 0.25) is 0 Å². The minimum atomic E-state index is 0.690. The quantitative estimate of drug-likeness (QED) is 0.334. The molecule has 0 unspecified atom stereocenters. The molecule has 0 aliphatic rings. The molecule has 0 saturated carbocycles. The van der Waals surface area contributed by atoms with Gasteiger partial charge < -0.3 is 4.74 Å². The second-order valence-electron chi connectivity index (χ2n) is 6.09. The van der Waals surface area contributed by atoms with E-state index in [0.717, 1.165) is 27.8 Å². The fourth-order valence-electron chi connectivity index (χ4n) is 2.81. The molecule has 4 aromatic rings. The first kappa shape index (κ1) is 17.5. The van der Waals surface area contributed by atoms with Crippen molar-refractivity contribution in [2.45, 2.75) is 0 Å². The van der Waals surface area contributed by atoms with Gasteiger partial charge >= 0.3 is 0 Å². The van der Waals surface area contributed by atoms with E-state index in [2.05, 4.69) is 20.5 Å². The lowest BCUT2D eigenvalue weighted by Crippen LogP contribution is -1.84. The number of nitrogens with zero attached hydrogens (tertiary/aromatic N) is 4.